The Bertz CT molecular complexity index is 1030. The molecule has 186 valence electrons. The first-order valence-electron chi connectivity index (χ1n) is 12.4. The number of aliphatic carboxylic acids is 1. The van der Waals surface area contributed by atoms with Crippen LogP contribution in [0.4, 0.5) is 4.79 Å². The molecule has 3 N–H and O–H groups in total. The lowest BCUT2D eigenvalue weighted by atomic mass is 9.94. The summed E-state index contributed by atoms with van der Waals surface area (Å²) in [4.78, 5) is 36.8. The zero-order chi connectivity index (χ0) is 24.9. The van der Waals surface area contributed by atoms with Crippen LogP contribution >= 0.6 is 0 Å². The Morgan fingerprint density at radius 3 is 2.09 bits per heavy atom. The highest BCUT2D eigenvalue weighted by Crippen LogP contribution is 2.44. The van der Waals surface area contributed by atoms with Crippen molar-refractivity contribution in [3.05, 3.63) is 59.7 Å². The molecule has 2 aliphatic rings. The summed E-state index contributed by atoms with van der Waals surface area (Å²) >= 11 is 0. The van der Waals surface area contributed by atoms with Crippen molar-refractivity contribution in [2.45, 2.75) is 39.0 Å². The first-order chi connectivity index (χ1) is 16.8. The summed E-state index contributed by atoms with van der Waals surface area (Å²) in [6, 6.07) is 16.3. The van der Waals surface area contributed by atoms with E-state index in [0.717, 1.165) is 35.1 Å². The maximum absolute atomic E-state index is 12.8. The molecule has 2 unspecified atom stereocenters. The van der Waals surface area contributed by atoms with Crippen LogP contribution in [0.15, 0.2) is 48.5 Å². The van der Waals surface area contributed by atoms with Gasteiger partial charge in [0.25, 0.3) is 0 Å². The number of nitrogens with one attached hydrogen (secondary N) is 2. The highest BCUT2D eigenvalue weighted by Gasteiger charge is 2.31. The van der Waals surface area contributed by atoms with Crippen molar-refractivity contribution in [2.75, 3.05) is 19.7 Å². The summed E-state index contributed by atoms with van der Waals surface area (Å²) in [6.07, 6.45) is 2.16. The molecule has 1 saturated carbocycles. The molecule has 2 amide bonds. The lowest BCUT2D eigenvalue weighted by molar-refractivity contribution is -0.142. The van der Waals surface area contributed by atoms with E-state index in [-0.39, 0.29) is 37.4 Å². The maximum atomic E-state index is 12.8. The molecule has 2 aliphatic carbocycles. The fourth-order valence-corrected chi connectivity index (χ4v) is 4.86. The number of alkyl carbamates (subject to hydrolysis) is 1. The van der Waals surface area contributed by atoms with Crippen molar-refractivity contribution in [3.8, 4) is 11.1 Å². The fraction of sp³-hybridized carbons (Fsp3) is 0.464. The smallest absolute Gasteiger partial charge is 0.407 e. The van der Waals surface area contributed by atoms with Gasteiger partial charge in [-0.15, -0.1) is 0 Å². The van der Waals surface area contributed by atoms with E-state index in [0.29, 0.717) is 12.3 Å². The number of carbonyl (C=O) groups is 3. The van der Waals surface area contributed by atoms with Crippen molar-refractivity contribution in [2.24, 2.45) is 23.7 Å². The fourth-order valence-electron chi connectivity index (χ4n) is 4.86. The largest absolute Gasteiger partial charge is 0.481 e. The van der Waals surface area contributed by atoms with Gasteiger partial charge in [-0.1, -0.05) is 75.2 Å². The minimum Gasteiger partial charge on any atom is -0.481 e. The molecule has 7 heteroatoms. The molecule has 7 nitrogen and oxygen atoms in total. The molecule has 1 fully saturated rings. The third-order valence-corrected chi connectivity index (χ3v) is 7.14. The highest BCUT2D eigenvalue weighted by molar-refractivity contribution is 5.81. The van der Waals surface area contributed by atoms with Gasteiger partial charge in [0.05, 0.1) is 11.8 Å². The first-order valence-corrected chi connectivity index (χ1v) is 12.4. The second kappa shape index (κ2) is 10.9. The van der Waals surface area contributed by atoms with Crippen molar-refractivity contribution in [3.63, 3.8) is 0 Å². The lowest BCUT2D eigenvalue weighted by Gasteiger charge is -2.22. The molecule has 0 spiro atoms. The van der Waals surface area contributed by atoms with Gasteiger partial charge in [0.15, 0.2) is 0 Å². The standard InChI is InChI=1S/C28H34N2O5/c1-17(2)24(26(31)29-14-19(27(32)33)13-18-11-12-18)15-30-28(34)35-16-25-22-9-5-3-7-20(22)21-8-4-6-10-23(21)25/h3-10,17-19,24-25H,11-16H2,1-2H3,(H,29,31)(H,30,34)(H,32,33). The Labute approximate surface area is 206 Å². The maximum Gasteiger partial charge on any atom is 0.407 e. The van der Waals surface area contributed by atoms with E-state index in [1.54, 1.807) is 0 Å². The number of carboxylic acids is 1. The van der Waals surface area contributed by atoms with Crippen molar-refractivity contribution in [1.82, 2.24) is 10.6 Å². The number of rotatable bonds is 11. The van der Waals surface area contributed by atoms with Gasteiger partial charge in [0.1, 0.15) is 6.61 Å². The average Bonchev–Trinajstić information content (AvgIpc) is 3.60. The molecule has 2 atom stereocenters. The van der Waals surface area contributed by atoms with E-state index in [4.69, 9.17) is 4.74 Å². The first kappa shape index (κ1) is 24.8. The third-order valence-electron chi connectivity index (χ3n) is 7.14. The van der Waals surface area contributed by atoms with Crippen molar-refractivity contribution >= 4 is 18.0 Å². The third kappa shape index (κ3) is 6.02. The Morgan fingerprint density at radius 1 is 0.943 bits per heavy atom. The second-order valence-corrected chi connectivity index (χ2v) is 10.0. The quantitative estimate of drug-likeness (QED) is 0.444. The van der Waals surface area contributed by atoms with Crippen LogP contribution in [-0.2, 0) is 14.3 Å². The number of carboxylic acid groups (broad SMARTS) is 1. The van der Waals surface area contributed by atoms with E-state index >= 15 is 0 Å². The van der Waals surface area contributed by atoms with E-state index in [2.05, 4.69) is 34.9 Å². The minimum absolute atomic E-state index is 0.0308. The SMILES string of the molecule is CC(C)C(CNC(=O)OCC1c2ccccc2-c2ccccc21)C(=O)NCC(CC1CC1)C(=O)O. The van der Waals surface area contributed by atoms with Gasteiger partial charge in [0.2, 0.25) is 5.91 Å². The number of benzene rings is 2. The van der Waals surface area contributed by atoms with Gasteiger partial charge in [-0.2, -0.15) is 0 Å². The zero-order valence-electron chi connectivity index (χ0n) is 20.3. The molecule has 0 saturated heterocycles. The Hall–Kier alpha value is -3.35. The van der Waals surface area contributed by atoms with E-state index in [9.17, 15) is 19.5 Å². The number of hydrogen-bond donors (Lipinski definition) is 3. The van der Waals surface area contributed by atoms with Gasteiger partial charge < -0.3 is 20.5 Å². The Balaban J connectivity index is 1.29. The lowest BCUT2D eigenvalue weighted by Crippen LogP contribution is -2.43. The molecular formula is C28H34N2O5. The molecule has 4 rings (SSSR count). The van der Waals surface area contributed by atoms with Crippen LogP contribution in [-0.4, -0.2) is 42.8 Å². The van der Waals surface area contributed by atoms with Crippen LogP contribution in [0.2, 0.25) is 0 Å². The second-order valence-electron chi connectivity index (χ2n) is 10.0. The number of fused-ring (bicyclic) bond motifs is 3. The van der Waals surface area contributed by atoms with Gasteiger partial charge >= 0.3 is 12.1 Å². The minimum atomic E-state index is -0.880. The zero-order valence-corrected chi connectivity index (χ0v) is 20.3. The van der Waals surface area contributed by atoms with Crippen molar-refractivity contribution in [1.29, 1.82) is 0 Å². The summed E-state index contributed by atoms with van der Waals surface area (Å²) in [7, 11) is 0. The van der Waals surface area contributed by atoms with Crippen molar-refractivity contribution < 1.29 is 24.2 Å². The normalized spacial score (nSPS) is 16.2. The van der Waals surface area contributed by atoms with Crippen LogP contribution in [0.5, 0.6) is 0 Å². The average molecular weight is 479 g/mol. The van der Waals surface area contributed by atoms with Gasteiger partial charge in [-0.25, -0.2) is 4.79 Å². The molecular weight excluding hydrogens is 444 g/mol. The number of amides is 2. The summed E-state index contributed by atoms with van der Waals surface area (Å²) in [5.74, 6) is -1.78. The van der Waals surface area contributed by atoms with E-state index < -0.39 is 23.9 Å². The topological polar surface area (TPSA) is 105 Å². The summed E-state index contributed by atoms with van der Waals surface area (Å²) in [5.41, 5.74) is 4.60. The Kier molecular flexibility index (Phi) is 7.73. The highest BCUT2D eigenvalue weighted by atomic mass is 16.5. The summed E-state index contributed by atoms with van der Waals surface area (Å²) in [5, 5.41) is 15.0. The molecule has 0 aliphatic heterocycles. The van der Waals surface area contributed by atoms with Crippen LogP contribution in [0.25, 0.3) is 11.1 Å². The van der Waals surface area contributed by atoms with E-state index in [1.165, 1.54) is 0 Å². The summed E-state index contributed by atoms with van der Waals surface area (Å²) < 4.78 is 5.57. The monoisotopic (exact) mass is 478 g/mol. The van der Waals surface area contributed by atoms with Gasteiger partial charge in [-0.05, 0) is 40.5 Å². The predicted octanol–water partition coefficient (Wildman–Crippen LogP) is 4.41. The Morgan fingerprint density at radius 2 is 1.54 bits per heavy atom. The number of ether oxygens (including phenoxy) is 1. The van der Waals surface area contributed by atoms with Crippen LogP contribution in [0.1, 0.15) is 50.2 Å². The van der Waals surface area contributed by atoms with Gasteiger partial charge in [-0.3, -0.25) is 9.59 Å². The van der Waals surface area contributed by atoms with Gasteiger partial charge in [0, 0.05) is 19.0 Å². The molecule has 0 heterocycles. The summed E-state index contributed by atoms with van der Waals surface area (Å²) in [6.45, 7) is 4.25. The van der Waals surface area contributed by atoms with Crippen LogP contribution in [0, 0.1) is 23.7 Å². The predicted molar refractivity (Wildman–Crippen MR) is 133 cm³/mol. The number of carbonyl (C=O) groups excluding carboxylic acids is 2. The molecule has 2 aromatic carbocycles. The molecule has 35 heavy (non-hydrogen) atoms. The van der Waals surface area contributed by atoms with Crippen LogP contribution < -0.4 is 10.6 Å². The number of hydrogen-bond acceptors (Lipinski definition) is 4. The molecule has 0 aromatic heterocycles. The van der Waals surface area contributed by atoms with E-state index in [1.807, 2.05) is 38.1 Å². The van der Waals surface area contributed by atoms with Crippen LogP contribution in [0.3, 0.4) is 0 Å². The molecule has 0 bridgehead atoms. The molecule has 0 radical (unpaired) electrons. The molecule has 2 aromatic rings.